The van der Waals surface area contributed by atoms with Crippen LogP contribution in [-0.2, 0) is 39.4 Å². The number of carbonyl (C=O) groups excluding carboxylic acids is 2. The van der Waals surface area contributed by atoms with Crippen molar-refractivity contribution < 1.29 is 56.0 Å². The molecule has 0 saturated carbocycles. The highest BCUT2D eigenvalue weighted by molar-refractivity contribution is 7.52. The minimum absolute atomic E-state index is 0.0565. The Hall–Kier alpha value is -4.41. The van der Waals surface area contributed by atoms with Crippen molar-refractivity contribution in [1.82, 2.24) is 14.6 Å². The predicted octanol–water partition coefficient (Wildman–Crippen LogP) is 3.75. The van der Waals surface area contributed by atoms with Crippen molar-refractivity contribution in [1.29, 1.82) is 0 Å². The van der Waals surface area contributed by atoms with Gasteiger partial charge in [0, 0.05) is 12.6 Å². The molecule has 3 heterocycles. The number of aliphatic hydroxyl groups is 1. The maximum Gasteiger partial charge on any atom is 0.509 e. The van der Waals surface area contributed by atoms with Crippen molar-refractivity contribution in [2.24, 2.45) is 0 Å². The number of benzene rings is 2. The number of alkyl halides is 2. The van der Waals surface area contributed by atoms with Gasteiger partial charge in [-0.1, -0.05) is 48.5 Å². The van der Waals surface area contributed by atoms with Crippen LogP contribution in [-0.4, -0.2) is 69.9 Å². The van der Waals surface area contributed by atoms with E-state index in [0.717, 1.165) is 12.3 Å². The molecule has 5 rings (SSSR count). The molecule has 2 aromatic carbocycles. The number of carbonyl (C=O) groups is 2. The van der Waals surface area contributed by atoms with Crippen molar-refractivity contribution in [3.05, 3.63) is 89.0 Å². The van der Waals surface area contributed by atoms with Crippen LogP contribution in [0.5, 0.6) is 5.75 Å². The zero-order valence-corrected chi connectivity index (χ0v) is 26.6. The van der Waals surface area contributed by atoms with Crippen LogP contribution in [0, 0.1) is 0 Å². The summed E-state index contributed by atoms with van der Waals surface area (Å²) in [5.74, 6) is -4.89. The molecule has 5 unspecified atom stereocenters. The fourth-order valence-corrected chi connectivity index (χ4v) is 6.50. The van der Waals surface area contributed by atoms with Crippen LogP contribution in [0.4, 0.5) is 19.4 Å². The van der Waals surface area contributed by atoms with Crippen LogP contribution in [0.25, 0.3) is 0 Å². The van der Waals surface area contributed by atoms with Gasteiger partial charge in [-0.15, -0.1) is 0 Å². The number of aromatic nitrogens is 2. The molecule has 2 aliphatic rings. The lowest BCUT2D eigenvalue weighted by atomic mass is 10.0. The number of rotatable bonds is 13. The SMILES string of the molecule is CC1(C)CC(NP(=O)(OCC2OC(n3ccc(NCO)nc3=O)C(F)(F)C2OC(=O)OCc2ccccc2)Oc2ccccc2)C(=O)O1. The summed E-state index contributed by atoms with van der Waals surface area (Å²) < 4.78 is 78.8. The second kappa shape index (κ2) is 14.4. The maximum atomic E-state index is 16.1. The van der Waals surface area contributed by atoms with Gasteiger partial charge in [-0.2, -0.15) is 18.9 Å². The number of aliphatic hydroxyl groups excluding tert-OH is 1. The zero-order chi connectivity index (χ0) is 34.5. The van der Waals surface area contributed by atoms with Gasteiger partial charge in [0.25, 0.3) is 0 Å². The standard InChI is InChI=1S/C30H33F2N4O11P/c1-29(2)15-21(25(38)46-29)35-48(41,47-20-11-7-4-8-12-20)43-17-22-24(45-28(40)42-16-19-9-5-3-6-10-19)30(31,32)26(44-22)36-14-13-23(33-18-37)34-27(36)39/h3-14,21-22,24,26,37H,15-18H2,1-2H3,(H,35,41)(H,33,34,39). The summed E-state index contributed by atoms with van der Waals surface area (Å²) in [6.07, 6.45) is -7.14. The van der Waals surface area contributed by atoms with E-state index in [4.69, 9.17) is 33.1 Å². The molecule has 48 heavy (non-hydrogen) atoms. The van der Waals surface area contributed by atoms with E-state index in [1.807, 2.05) is 0 Å². The van der Waals surface area contributed by atoms with Crippen LogP contribution < -0.4 is 20.6 Å². The Morgan fingerprint density at radius 1 is 1.10 bits per heavy atom. The molecule has 0 bridgehead atoms. The van der Waals surface area contributed by atoms with Crippen molar-refractivity contribution in [3.8, 4) is 5.75 Å². The number of anilines is 1. The first-order chi connectivity index (χ1) is 22.8. The fourth-order valence-electron chi connectivity index (χ4n) is 5.00. The van der Waals surface area contributed by atoms with E-state index in [1.54, 1.807) is 62.4 Å². The third-order valence-corrected chi connectivity index (χ3v) is 8.73. The fraction of sp³-hybridized carbons (Fsp3) is 0.400. The van der Waals surface area contributed by atoms with Gasteiger partial charge in [0.1, 0.15) is 42.7 Å². The molecule has 3 N–H and O–H groups in total. The Labute approximate surface area is 272 Å². The molecule has 2 fully saturated rings. The Morgan fingerprint density at radius 2 is 1.79 bits per heavy atom. The normalized spacial score (nSPS) is 23.9. The van der Waals surface area contributed by atoms with Crippen molar-refractivity contribution in [2.75, 3.05) is 18.7 Å². The molecule has 18 heteroatoms. The highest BCUT2D eigenvalue weighted by Gasteiger charge is 2.63. The molecule has 2 saturated heterocycles. The summed E-state index contributed by atoms with van der Waals surface area (Å²) >= 11 is 0. The van der Waals surface area contributed by atoms with E-state index in [0.29, 0.717) is 10.1 Å². The second-order valence-corrected chi connectivity index (χ2v) is 13.1. The van der Waals surface area contributed by atoms with E-state index in [-0.39, 0.29) is 24.6 Å². The minimum atomic E-state index is -4.57. The number of nitrogens with one attached hydrogen (secondary N) is 2. The van der Waals surface area contributed by atoms with E-state index in [1.165, 1.54) is 12.1 Å². The number of hydrogen-bond acceptors (Lipinski definition) is 13. The van der Waals surface area contributed by atoms with Gasteiger partial charge in [-0.05, 0) is 37.6 Å². The van der Waals surface area contributed by atoms with Gasteiger partial charge in [0.15, 0.2) is 0 Å². The summed E-state index contributed by atoms with van der Waals surface area (Å²) in [5.41, 5.74) is -1.54. The first kappa shape index (κ1) is 34.9. The summed E-state index contributed by atoms with van der Waals surface area (Å²) in [6, 6.07) is 16.1. The smallest absolute Gasteiger partial charge is 0.458 e. The van der Waals surface area contributed by atoms with Crippen LogP contribution in [0.1, 0.15) is 32.1 Å². The number of hydrogen-bond donors (Lipinski definition) is 3. The minimum Gasteiger partial charge on any atom is -0.458 e. The van der Waals surface area contributed by atoms with Crippen LogP contribution >= 0.6 is 7.75 Å². The number of para-hydroxylation sites is 1. The Balaban J connectivity index is 1.40. The van der Waals surface area contributed by atoms with E-state index >= 15 is 8.78 Å². The largest absolute Gasteiger partial charge is 0.509 e. The van der Waals surface area contributed by atoms with E-state index in [2.05, 4.69) is 15.4 Å². The summed E-state index contributed by atoms with van der Waals surface area (Å²) in [4.78, 5) is 41.5. The van der Waals surface area contributed by atoms with Gasteiger partial charge >= 0.3 is 31.5 Å². The van der Waals surface area contributed by atoms with E-state index < -0.39 is 74.9 Å². The van der Waals surface area contributed by atoms with E-state index in [9.17, 15) is 18.9 Å². The second-order valence-electron chi connectivity index (χ2n) is 11.4. The lowest BCUT2D eigenvalue weighted by Crippen LogP contribution is -2.45. The number of halogens is 2. The molecule has 5 atom stereocenters. The Morgan fingerprint density at radius 3 is 2.42 bits per heavy atom. The molecular formula is C30H33F2N4O11P. The molecule has 0 aliphatic carbocycles. The third kappa shape index (κ3) is 8.35. The number of cyclic esters (lactones) is 1. The molecule has 0 radical (unpaired) electrons. The number of nitrogens with zero attached hydrogens (tertiary/aromatic N) is 2. The predicted molar refractivity (Wildman–Crippen MR) is 162 cm³/mol. The molecular weight excluding hydrogens is 661 g/mol. The quantitative estimate of drug-likeness (QED) is 0.133. The lowest BCUT2D eigenvalue weighted by Gasteiger charge is -2.25. The number of ether oxygens (including phenoxy) is 4. The van der Waals surface area contributed by atoms with Gasteiger partial charge in [-0.25, -0.2) is 14.2 Å². The van der Waals surface area contributed by atoms with Gasteiger partial charge in [0.2, 0.25) is 12.3 Å². The van der Waals surface area contributed by atoms with Gasteiger partial charge in [-0.3, -0.25) is 13.9 Å². The molecule has 0 spiro atoms. The Kier molecular flexibility index (Phi) is 10.5. The topological polar surface area (TPSA) is 186 Å². The average Bonchev–Trinajstić information content (AvgIpc) is 3.44. The highest BCUT2D eigenvalue weighted by atomic mass is 31.2. The lowest BCUT2D eigenvalue weighted by molar-refractivity contribution is -0.147. The molecule has 15 nitrogen and oxygen atoms in total. The molecule has 2 aliphatic heterocycles. The van der Waals surface area contributed by atoms with Gasteiger partial charge < -0.3 is 33.9 Å². The first-order valence-electron chi connectivity index (χ1n) is 14.6. The van der Waals surface area contributed by atoms with Gasteiger partial charge in [0.05, 0.1) is 6.61 Å². The molecule has 1 aromatic heterocycles. The van der Waals surface area contributed by atoms with Crippen LogP contribution in [0.2, 0.25) is 0 Å². The molecule has 3 aromatic rings. The van der Waals surface area contributed by atoms with Crippen LogP contribution in [0.15, 0.2) is 77.7 Å². The van der Waals surface area contributed by atoms with Crippen molar-refractivity contribution >= 4 is 25.7 Å². The molecule has 258 valence electrons. The zero-order valence-electron chi connectivity index (χ0n) is 25.7. The van der Waals surface area contributed by atoms with Crippen molar-refractivity contribution in [2.45, 2.75) is 62.9 Å². The summed E-state index contributed by atoms with van der Waals surface area (Å²) in [7, 11) is -4.57. The average molecular weight is 695 g/mol. The first-order valence-corrected chi connectivity index (χ1v) is 16.2. The maximum absolute atomic E-state index is 16.1. The summed E-state index contributed by atoms with van der Waals surface area (Å²) in [5, 5.41) is 13.9. The number of esters is 1. The Bertz CT molecular complexity index is 1700. The van der Waals surface area contributed by atoms with Crippen LogP contribution in [0.3, 0.4) is 0 Å². The highest BCUT2D eigenvalue weighted by Crippen LogP contribution is 2.49. The summed E-state index contributed by atoms with van der Waals surface area (Å²) in [6.45, 7) is 1.46. The molecule has 0 amide bonds. The monoisotopic (exact) mass is 694 g/mol. The van der Waals surface area contributed by atoms with Crippen molar-refractivity contribution in [3.63, 3.8) is 0 Å². The third-order valence-electron chi connectivity index (χ3n) is 7.16.